The number of aromatic nitrogens is 2. The van der Waals surface area contributed by atoms with E-state index in [2.05, 4.69) is 48.1 Å². The van der Waals surface area contributed by atoms with Gasteiger partial charge < -0.3 is 20.3 Å². The number of ether oxygens (including phenoxy) is 1. The lowest BCUT2D eigenvalue weighted by molar-refractivity contribution is 0.414. The molecule has 1 atom stereocenters. The van der Waals surface area contributed by atoms with Crippen LogP contribution in [0.15, 0.2) is 30.8 Å². The Morgan fingerprint density at radius 1 is 1.21 bits per heavy atom. The molecule has 1 aromatic heterocycles. The molecule has 2 aromatic rings. The van der Waals surface area contributed by atoms with Crippen molar-refractivity contribution in [3.8, 4) is 5.75 Å². The predicted octanol–water partition coefficient (Wildman–Crippen LogP) is 4.94. The van der Waals surface area contributed by atoms with E-state index >= 15 is 0 Å². The first-order valence-electron chi connectivity index (χ1n) is 10.5. The van der Waals surface area contributed by atoms with Gasteiger partial charge in [0, 0.05) is 26.2 Å². The van der Waals surface area contributed by atoms with Crippen molar-refractivity contribution in [2.45, 2.75) is 52.1 Å². The molecule has 0 spiro atoms. The minimum atomic E-state index is 0.379. The minimum absolute atomic E-state index is 0.379. The van der Waals surface area contributed by atoms with Crippen LogP contribution < -0.4 is 20.3 Å². The van der Waals surface area contributed by atoms with Gasteiger partial charge in [-0.15, -0.1) is 0 Å². The summed E-state index contributed by atoms with van der Waals surface area (Å²) in [6.07, 6.45) is 4.19. The monoisotopic (exact) mass is 395 g/mol. The van der Waals surface area contributed by atoms with Gasteiger partial charge in [-0.3, -0.25) is 0 Å². The van der Waals surface area contributed by atoms with E-state index in [-0.39, 0.29) is 0 Å². The molecule has 0 radical (unpaired) electrons. The molecule has 0 aliphatic carbocycles. The zero-order valence-corrected chi connectivity index (χ0v) is 18.1. The highest BCUT2D eigenvalue weighted by molar-refractivity contribution is 5.84. The first kappa shape index (κ1) is 21.0. The molecule has 0 saturated carbocycles. The molecule has 1 unspecified atom stereocenters. The summed E-state index contributed by atoms with van der Waals surface area (Å²) in [6.45, 7) is 10.4. The number of hydrogen-bond donors (Lipinski definition) is 2. The maximum atomic E-state index is 5.28. The van der Waals surface area contributed by atoms with Crippen LogP contribution in [0.2, 0.25) is 0 Å². The molecule has 1 aliphatic heterocycles. The standard InChI is InChI=1S/C23H33N5O/c1-6-8-18(7-2)25-23-26-21(24-4)20-16(3)13-14-28(22(20)27-23)15-17-9-11-19(29-5)12-10-17/h9-12,18H,3,6-8,13-15H2,1-2,4-5H3,(H2,24,25,26,27). The average molecular weight is 396 g/mol. The quantitative estimate of drug-likeness (QED) is 0.627. The Morgan fingerprint density at radius 2 is 1.97 bits per heavy atom. The van der Waals surface area contributed by atoms with Crippen LogP contribution in [0.3, 0.4) is 0 Å². The zero-order chi connectivity index (χ0) is 20.8. The summed E-state index contributed by atoms with van der Waals surface area (Å²) in [4.78, 5) is 12.0. The van der Waals surface area contributed by atoms with Gasteiger partial charge in [0.2, 0.25) is 5.95 Å². The Morgan fingerprint density at radius 3 is 2.59 bits per heavy atom. The van der Waals surface area contributed by atoms with Crippen molar-refractivity contribution in [3.05, 3.63) is 42.0 Å². The highest BCUT2D eigenvalue weighted by Crippen LogP contribution is 2.38. The van der Waals surface area contributed by atoms with Crippen molar-refractivity contribution in [1.82, 2.24) is 9.97 Å². The van der Waals surface area contributed by atoms with Crippen LogP contribution in [-0.2, 0) is 6.54 Å². The van der Waals surface area contributed by atoms with Gasteiger partial charge in [0.1, 0.15) is 17.4 Å². The molecule has 6 heteroatoms. The maximum Gasteiger partial charge on any atom is 0.226 e. The third-order valence-corrected chi connectivity index (χ3v) is 5.46. The number of nitrogens with zero attached hydrogens (tertiary/aromatic N) is 3. The lowest BCUT2D eigenvalue weighted by atomic mass is 10.00. The van der Waals surface area contributed by atoms with E-state index in [1.807, 2.05) is 19.2 Å². The molecule has 2 N–H and O–H groups in total. The van der Waals surface area contributed by atoms with Gasteiger partial charge in [0.15, 0.2) is 0 Å². The van der Waals surface area contributed by atoms with E-state index in [4.69, 9.17) is 14.7 Å². The SMILES string of the molecule is C=C1CCN(Cc2ccc(OC)cc2)c2nc(NC(CC)CCC)nc(NC)c21. The summed E-state index contributed by atoms with van der Waals surface area (Å²) in [5.41, 5.74) is 3.34. The maximum absolute atomic E-state index is 5.28. The number of fused-ring (bicyclic) bond motifs is 1. The zero-order valence-electron chi connectivity index (χ0n) is 18.1. The molecule has 156 valence electrons. The van der Waals surface area contributed by atoms with Crippen molar-refractivity contribution in [1.29, 1.82) is 0 Å². The topological polar surface area (TPSA) is 62.3 Å². The second kappa shape index (κ2) is 9.63. The molecule has 3 rings (SSSR count). The highest BCUT2D eigenvalue weighted by atomic mass is 16.5. The Labute approximate surface area is 174 Å². The van der Waals surface area contributed by atoms with Gasteiger partial charge in [0.25, 0.3) is 0 Å². The van der Waals surface area contributed by atoms with Gasteiger partial charge in [-0.1, -0.05) is 39.0 Å². The number of nitrogens with one attached hydrogen (secondary N) is 2. The molecule has 6 nitrogen and oxygen atoms in total. The fourth-order valence-electron chi connectivity index (χ4n) is 3.76. The molecular weight excluding hydrogens is 362 g/mol. The van der Waals surface area contributed by atoms with Crippen LogP contribution in [-0.4, -0.2) is 36.7 Å². The molecule has 1 aliphatic rings. The van der Waals surface area contributed by atoms with Crippen LogP contribution in [0.25, 0.3) is 5.57 Å². The average Bonchev–Trinajstić information content (AvgIpc) is 2.75. The van der Waals surface area contributed by atoms with Gasteiger partial charge in [-0.05, 0) is 42.5 Å². The van der Waals surface area contributed by atoms with Crippen molar-refractivity contribution in [3.63, 3.8) is 0 Å². The number of anilines is 3. The van der Waals surface area contributed by atoms with Crippen LogP contribution in [0.1, 0.15) is 50.7 Å². The van der Waals surface area contributed by atoms with Crippen LogP contribution in [0.5, 0.6) is 5.75 Å². The lowest BCUT2D eigenvalue weighted by Gasteiger charge is -2.33. The Kier molecular flexibility index (Phi) is 6.96. The normalized spacial score (nSPS) is 14.3. The Balaban J connectivity index is 1.93. The number of benzene rings is 1. The summed E-state index contributed by atoms with van der Waals surface area (Å²) < 4.78 is 5.28. The van der Waals surface area contributed by atoms with Gasteiger partial charge in [-0.25, -0.2) is 0 Å². The van der Waals surface area contributed by atoms with Gasteiger partial charge in [-0.2, -0.15) is 9.97 Å². The van der Waals surface area contributed by atoms with Crippen molar-refractivity contribution in [2.24, 2.45) is 0 Å². The van der Waals surface area contributed by atoms with Crippen LogP contribution in [0, 0.1) is 0 Å². The second-order valence-electron chi connectivity index (χ2n) is 7.51. The number of hydrogen-bond acceptors (Lipinski definition) is 6. The molecule has 29 heavy (non-hydrogen) atoms. The fourth-order valence-corrected chi connectivity index (χ4v) is 3.76. The van der Waals surface area contributed by atoms with E-state index in [1.54, 1.807) is 7.11 Å². The third-order valence-electron chi connectivity index (χ3n) is 5.46. The molecule has 1 aromatic carbocycles. The van der Waals surface area contributed by atoms with E-state index in [0.29, 0.717) is 12.0 Å². The largest absolute Gasteiger partial charge is 0.497 e. The van der Waals surface area contributed by atoms with Crippen LogP contribution in [0.4, 0.5) is 17.6 Å². The number of rotatable bonds is 9. The van der Waals surface area contributed by atoms with Crippen molar-refractivity contribution >= 4 is 23.2 Å². The Bertz CT molecular complexity index is 834. The Hall–Kier alpha value is -2.76. The molecule has 0 saturated heterocycles. The summed E-state index contributed by atoms with van der Waals surface area (Å²) in [5, 5.41) is 6.79. The first-order valence-corrected chi connectivity index (χ1v) is 10.5. The smallest absolute Gasteiger partial charge is 0.226 e. The molecular formula is C23H33N5O. The van der Waals surface area contributed by atoms with Gasteiger partial charge in [0.05, 0.1) is 12.7 Å². The predicted molar refractivity (Wildman–Crippen MR) is 122 cm³/mol. The molecule has 0 bridgehead atoms. The van der Waals surface area contributed by atoms with E-state index in [9.17, 15) is 0 Å². The molecule has 2 heterocycles. The van der Waals surface area contributed by atoms with Crippen molar-refractivity contribution in [2.75, 3.05) is 36.2 Å². The summed E-state index contributed by atoms with van der Waals surface area (Å²) in [7, 11) is 3.60. The molecule has 0 amide bonds. The molecule has 0 fully saturated rings. The summed E-state index contributed by atoms with van der Waals surface area (Å²) in [6, 6.07) is 8.60. The minimum Gasteiger partial charge on any atom is -0.497 e. The highest BCUT2D eigenvalue weighted by Gasteiger charge is 2.26. The second-order valence-corrected chi connectivity index (χ2v) is 7.51. The van der Waals surface area contributed by atoms with Crippen LogP contribution >= 0.6 is 0 Å². The summed E-state index contributed by atoms with van der Waals surface area (Å²) >= 11 is 0. The third kappa shape index (κ3) is 4.81. The lowest BCUT2D eigenvalue weighted by Crippen LogP contribution is -2.31. The van der Waals surface area contributed by atoms with Crippen molar-refractivity contribution < 1.29 is 4.74 Å². The summed E-state index contributed by atoms with van der Waals surface area (Å²) in [5.74, 6) is 3.34. The van der Waals surface area contributed by atoms with E-state index < -0.39 is 0 Å². The van der Waals surface area contributed by atoms with E-state index in [1.165, 1.54) is 5.56 Å². The van der Waals surface area contributed by atoms with Gasteiger partial charge >= 0.3 is 0 Å². The number of methoxy groups -OCH3 is 1. The fraction of sp³-hybridized carbons (Fsp3) is 0.478. The first-order chi connectivity index (χ1) is 14.1. The van der Waals surface area contributed by atoms with E-state index in [0.717, 1.165) is 67.3 Å².